The lowest BCUT2D eigenvalue weighted by molar-refractivity contribution is -0.123. The van der Waals surface area contributed by atoms with E-state index in [0.29, 0.717) is 5.69 Å². The van der Waals surface area contributed by atoms with Gasteiger partial charge in [-0.25, -0.2) is 0 Å². The molecular formula is C24H20N2O3. The zero-order valence-electron chi connectivity index (χ0n) is 15.6. The molecule has 1 heterocycles. The maximum atomic E-state index is 12.6. The molecule has 29 heavy (non-hydrogen) atoms. The van der Waals surface area contributed by atoms with Gasteiger partial charge in [0.2, 0.25) is 0 Å². The van der Waals surface area contributed by atoms with Gasteiger partial charge in [0.15, 0.2) is 0 Å². The van der Waals surface area contributed by atoms with Crippen LogP contribution in [0.4, 0.5) is 5.69 Å². The predicted molar refractivity (Wildman–Crippen MR) is 112 cm³/mol. The molecule has 5 heteroatoms. The van der Waals surface area contributed by atoms with Crippen LogP contribution in [0.1, 0.15) is 18.0 Å². The highest BCUT2D eigenvalue weighted by Gasteiger charge is 2.32. The van der Waals surface area contributed by atoms with Gasteiger partial charge in [-0.2, -0.15) is 0 Å². The van der Waals surface area contributed by atoms with E-state index in [0.717, 1.165) is 16.7 Å². The van der Waals surface area contributed by atoms with Crippen molar-refractivity contribution >= 4 is 17.5 Å². The van der Waals surface area contributed by atoms with E-state index in [4.69, 9.17) is 0 Å². The molecule has 0 aromatic heterocycles. The molecule has 0 saturated carbocycles. The highest BCUT2D eigenvalue weighted by molar-refractivity contribution is 6.23. The first kappa shape index (κ1) is 18.5. The summed E-state index contributed by atoms with van der Waals surface area (Å²) in [6.07, 6.45) is 0.172. The Labute approximate surface area is 168 Å². The number of nitrogens with one attached hydrogen (secondary N) is 2. The Morgan fingerprint density at radius 3 is 2.07 bits per heavy atom. The van der Waals surface area contributed by atoms with Crippen molar-refractivity contribution in [2.24, 2.45) is 0 Å². The van der Waals surface area contributed by atoms with Crippen LogP contribution in [-0.2, 0) is 9.59 Å². The van der Waals surface area contributed by atoms with Gasteiger partial charge in [-0.3, -0.25) is 9.59 Å². The second-order valence-corrected chi connectivity index (χ2v) is 6.86. The Morgan fingerprint density at radius 1 is 0.862 bits per heavy atom. The second kappa shape index (κ2) is 8.02. The number of benzene rings is 3. The van der Waals surface area contributed by atoms with Gasteiger partial charge in [0.05, 0.1) is 6.04 Å². The summed E-state index contributed by atoms with van der Waals surface area (Å²) in [5.74, 6) is -1.42. The first-order chi connectivity index (χ1) is 14.1. The van der Waals surface area contributed by atoms with Crippen LogP contribution in [0.3, 0.4) is 0 Å². The van der Waals surface area contributed by atoms with Crippen molar-refractivity contribution in [3.8, 4) is 11.1 Å². The van der Waals surface area contributed by atoms with Crippen LogP contribution in [0.5, 0.6) is 0 Å². The van der Waals surface area contributed by atoms with Crippen molar-refractivity contribution in [1.29, 1.82) is 0 Å². The minimum Gasteiger partial charge on any atom is -0.511 e. The van der Waals surface area contributed by atoms with Crippen LogP contribution in [0, 0.1) is 0 Å². The van der Waals surface area contributed by atoms with Crippen molar-refractivity contribution in [3.05, 3.63) is 102 Å². The fourth-order valence-corrected chi connectivity index (χ4v) is 3.40. The van der Waals surface area contributed by atoms with Gasteiger partial charge >= 0.3 is 0 Å². The monoisotopic (exact) mass is 384 g/mol. The zero-order chi connectivity index (χ0) is 20.2. The van der Waals surface area contributed by atoms with Crippen molar-refractivity contribution in [2.45, 2.75) is 12.5 Å². The van der Waals surface area contributed by atoms with Crippen LogP contribution in [-0.4, -0.2) is 16.9 Å². The summed E-state index contributed by atoms with van der Waals surface area (Å²) in [7, 11) is 0. The summed E-state index contributed by atoms with van der Waals surface area (Å²) in [6, 6.07) is 26.2. The first-order valence-electron chi connectivity index (χ1n) is 9.36. The molecule has 0 spiro atoms. The highest BCUT2D eigenvalue weighted by Crippen LogP contribution is 2.27. The van der Waals surface area contributed by atoms with Crippen molar-refractivity contribution in [3.63, 3.8) is 0 Å². The third-order valence-electron chi connectivity index (χ3n) is 4.90. The van der Waals surface area contributed by atoms with Crippen LogP contribution < -0.4 is 10.6 Å². The molecule has 3 aromatic carbocycles. The van der Waals surface area contributed by atoms with Gasteiger partial charge in [0.25, 0.3) is 11.8 Å². The van der Waals surface area contributed by atoms with E-state index in [-0.39, 0.29) is 23.8 Å². The van der Waals surface area contributed by atoms with Gasteiger partial charge in [0, 0.05) is 12.1 Å². The summed E-state index contributed by atoms with van der Waals surface area (Å²) >= 11 is 0. The smallest absolute Gasteiger partial charge is 0.264 e. The Kier molecular flexibility index (Phi) is 5.12. The third kappa shape index (κ3) is 4.04. The first-order valence-corrected chi connectivity index (χ1v) is 9.36. The molecule has 4 rings (SSSR count). The molecule has 2 amide bonds. The molecule has 3 aromatic rings. The van der Waals surface area contributed by atoms with Gasteiger partial charge < -0.3 is 15.7 Å². The molecule has 0 aliphatic carbocycles. The van der Waals surface area contributed by atoms with Crippen molar-refractivity contribution < 1.29 is 14.7 Å². The number of aliphatic hydroxyl groups excluding tert-OH is 1. The maximum absolute atomic E-state index is 12.6. The molecule has 0 radical (unpaired) electrons. The Hall–Kier alpha value is -3.86. The molecule has 0 bridgehead atoms. The summed E-state index contributed by atoms with van der Waals surface area (Å²) in [5, 5.41) is 15.9. The van der Waals surface area contributed by atoms with E-state index in [1.54, 1.807) is 12.1 Å². The third-order valence-corrected chi connectivity index (χ3v) is 4.90. The van der Waals surface area contributed by atoms with Crippen LogP contribution in [0.15, 0.2) is 96.3 Å². The quantitative estimate of drug-likeness (QED) is 0.585. The molecule has 5 nitrogen and oxygen atoms in total. The van der Waals surface area contributed by atoms with Crippen molar-refractivity contribution in [1.82, 2.24) is 5.32 Å². The summed E-state index contributed by atoms with van der Waals surface area (Å²) in [5.41, 5.74) is 3.27. The van der Waals surface area contributed by atoms with Crippen LogP contribution >= 0.6 is 0 Å². The van der Waals surface area contributed by atoms with E-state index in [2.05, 4.69) is 10.6 Å². The fourth-order valence-electron chi connectivity index (χ4n) is 3.40. The van der Waals surface area contributed by atoms with Crippen LogP contribution in [0.25, 0.3) is 11.1 Å². The molecule has 1 aliphatic heterocycles. The van der Waals surface area contributed by atoms with Crippen LogP contribution in [0.2, 0.25) is 0 Å². The minimum absolute atomic E-state index is 0.172. The van der Waals surface area contributed by atoms with Gasteiger partial charge in [-0.1, -0.05) is 72.8 Å². The average Bonchev–Trinajstić information content (AvgIpc) is 2.75. The van der Waals surface area contributed by atoms with Gasteiger partial charge in [-0.05, 0) is 28.8 Å². The summed E-state index contributed by atoms with van der Waals surface area (Å²) in [6.45, 7) is 0. The van der Waals surface area contributed by atoms with E-state index in [1.165, 1.54) is 0 Å². The number of aliphatic hydroxyl groups is 1. The average molecular weight is 384 g/mol. The second-order valence-electron chi connectivity index (χ2n) is 6.86. The molecule has 1 unspecified atom stereocenters. The molecule has 0 saturated heterocycles. The van der Waals surface area contributed by atoms with Gasteiger partial charge in [0.1, 0.15) is 11.3 Å². The molecule has 3 N–H and O–H groups in total. The lowest BCUT2D eigenvalue weighted by Crippen LogP contribution is -2.39. The van der Waals surface area contributed by atoms with E-state index < -0.39 is 11.8 Å². The molecule has 144 valence electrons. The number of anilines is 1. The zero-order valence-corrected chi connectivity index (χ0v) is 15.6. The standard InChI is InChI=1S/C24H20N2O3/c27-21-15-20(18-9-5-2-6-10-18)26-24(29)22(21)23(28)25-19-13-11-17(12-14-19)16-7-3-1-4-8-16/h1-14,20,27H,15H2,(H,25,28)(H,26,29). The lowest BCUT2D eigenvalue weighted by atomic mass is 9.96. The number of hydrogen-bond donors (Lipinski definition) is 3. The van der Waals surface area contributed by atoms with E-state index in [1.807, 2.05) is 72.8 Å². The maximum Gasteiger partial charge on any atom is 0.264 e. The van der Waals surface area contributed by atoms with Crippen molar-refractivity contribution in [2.75, 3.05) is 5.32 Å². The SMILES string of the molecule is O=C(Nc1ccc(-c2ccccc2)cc1)C1=C(O)CC(c2ccccc2)NC1=O. The number of amides is 2. The van der Waals surface area contributed by atoms with E-state index in [9.17, 15) is 14.7 Å². The number of carbonyl (C=O) groups excluding carboxylic acids is 2. The molecular weight excluding hydrogens is 364 g/mol. The highest BCUT2D eigenvalue weighted by atomic mass is 16.3. The normalized spacial score (nSPS) is 16.3. The fraction of sp³-hybridized carbons (Fsp3) is 0.0833. The summed E-state index contributed by atoms with van der Waals surface area (Å²) < 4.78 is 0. The number of rotatable bonds is 4. The van der Waals surface area contributed by atoms with Gasteiger partial charge in [-0.15, -0.1) is 0 Å². The molecule has 0 fully saturated rings. The number of hydrogen-bond acceptors (Lipinski definition) is 3. The van der Waals surface area contributed by atoms with E-state index >= 15 is 0 Å². The molecule has 1 atom stereocenters. The minimum atomic E-state index is -0.626. The topological polar surface area (TPSA) is 78.4 Å². The Bertz CT molecular complexity index is 1060. The Morgan fingerprint density at radius 2 is 1.45 bits per heavy atom. The summed E-state index contributed by atoms with van der Waals surface area (Å²) in [4.78, 5) is 25.1. The Balaban J connectivity index is 1.49. The lowest BCUT2D eigenvalue weighted by Gasteiger charge is -2.25. The predicted octanol–water partition coefficient (Wildman–Crippen LogP) is 4.37. The largest absolute Gasteiger partial charge is 0.511 e. The molecule has 1 aliphatic rings. The number of carbonyl (C=O) groups is 2.